The van der Waals surface area contributed by atoms with E-state index >= 15 is 0 Å². The third-order valence-corrected chi connectivity index (χ3v) is 4.10. The van der Waals surface area contributed by atoms with Gasteiger partial charge in [0.25, 0.3) is 0 Å². The lowest BCUT2D eigenvalue weighted by Gasteiger charge is -2.19. The smallest absolute Gasteiger partial charge is 0.0763 e. The summed E-state index contributed by atoms with van der Waals surface area (Å²) in [5.74, 6) is 0. The van der Waals surface area contributed by atoms with Crippen LogP contribution in [0.4, 0.5) is 0 Å². The standard InChI is InChI=1S/C17H16BrN3/c1-2-19-16(17-14(18)6-4-10-21-17)13-7-8-15-12(11-13)5-3-9-20-15/h3-11,16,19H,2H2,1H3. The average Bonchev–Trinajstić information content (AvgIpc) is 2.53. The summed E-state index contributed by atoms with van der Waals surface area (Å²) in [5, 5.41) is 4.65. The highest BCUT2D eigenvalue weighted by Gasteiger charge is 2.17. The van der Waals surface area contributed by atoms with E-state index in [1.165, 1.54) is 5.56 Å². The second-order valence-corrected chi connectivity index (χ2v) is 5.67. The fraction of sp³-hybridized carbons (Fsp3) is 0.176. The fourth-order valence-corrected chi connectivity index (χ4v) is 2.94. The molecular weight excluding hydrogens is 326 g/mol. The Morgan fingerprint density at radius 1 is 1.10 bits per heavy atom. The van der Waals surface area contributed by atoms with Crippen molar-refractivity contribution in [2.45, 2.75) is 13.0 Å². The zero-order valence-electron chi connectivity index (χ0n) is 11.8. The fourth-order valence-electron chi connectivity index (χ4n) is 2.46. The molecule has 3 aromatic rings. The summed E-state index contributed by atoms with van der Waals surface area (Å²) in [6.45, 7) is 2.98. The Bertz CT molecular complexity index is 758. The first-order chi connectivity index (χ1) is 10.3. The summed E-state index contributed by atoms with van der Waals surface area (Å²) in [4.78, 5) is 8.90. The molecule has 3 rings (SSSR count). The monoisotopic (exact) mass is 341 g/mol. The maximum Gasteiger partial charge on any atom is 0.0763 e. The van der Waals surface area contributed by atoms with Crippen LogP contribution in [-0.2, 0) is 0 Å². The molecule has 2 heterocycles. The topological polar surface area (TPSA) is 37.8 Å². The molecule has 1 N–H and O–H groups in total. The number of fused-ring (bicyclic) bond motifs is 1. The van der Waals surface area contributed by atoms with Crippen molar-refractivity contribution in [3.8, 4) is 0 Å². The Kier molecular flexibility index (Phi) is 4.27. The molecule has 2 aromatic heterocycles. The molecule has 0 radical (unpaired) electrons. The highest BCUT2D eigenvalue weighted by molar-refractivity contribution is 9.10. The van der Waals surface area contributed by atoms with Gasteiger partial charge in [-0.1, -0.05) is 19.1 Å². The van der Waals surface area contributed by atoms with Gasteiger partial charge in [0.15, 0.2) is 0 Å². The quantitative estimate of drug-likeness (QED) is 0.776. The first kappa shape index (κ1) is 14.2. The number of halogens is 1. The van der Waals surface area contributed by atoms with E-state index in [-0.39, 0.29) is 6.04 Å². The summed E-state index contributed by atoms with van der Waals surface area (Å²) in [5.41, 5.74) is 3.20. The van der Waals surface area contributed by atoms with Crippen molar-refractivity contribution >= 4 is 26.8 Å². The van der Waals surface area contributed by atoms with Crippen LogP contribution in [0.2, 0.25) is 0 Å². The number of nitrogens with one attached hydrogen (secondary N) is 1. The van der Waals surface area contributed by atoms with Gasteiger partial charge in [-0.05, 0) is 58.4 Å². The molecule has 106 valence electrons. The van der Waals surface area contributed by atoms with Crippen molar-refractivity contribution in [3.63, 3.8) is 0 Å². The summed E-state index contributed by atoms with van der Waals surface area (Å²) < 4.78 is 1.02. The van der Waals surface area contributed by atoms with Crippen molar-refractivity contribution in [1.29, 1.82) is 0 Å². The maximum atomic E-state index is 4.53. The van der Waals surface area contributed by atoms with E-state index in [0.717, 1.165) is 27.6 Å². The van der Waals surface area contributed by atoms with E-state index in [2.05, 4.69) is 62.4 Å². The van der Waals surface area contributed by atoms with E-state index in [0.29, 0.717) is 0 Å². The number of hydrogen-bond acceptors (Lipinski definition) is 3. The molecule has 0 aliphatic carbocycles. The van der Waals surface area contributed by atoms with Gasteiger partial charge in [0.1, 0.15) is 0 Å². The highest BCUT2D eigenvalue weighted by atomic mass is 79.9. The Balaban J connectivity index is 2.09. The molecular formula is C17H16BrN3. The summed E-state index contributed by atoms with van der Waals surface area (Å²) in [6.07, 6.45) is 3.64. The summed E-state index contributed by atoms with van der Waals surface area (Å²) in [7, 11) is 0. The molecule has 21 heavy (non-hydrogen) atoms. The molecule has 0 aliphatic heterocycles. The zero-order chi connectivity index (χ0) is 14.7. The van der Waals surface area contributed by atoms with Crippen LogP contribution in [0.25, 0.3) is 10.9 Å². The molecule has 0 fully saturated rings. The summed E-state index contributed by atoms with van der Waals surface area (Å²) in [6, 6.07) is 14.4. The van der Waals surface area contributed by atoms with Gasteiger partial charge in [0.05, 0.1) is 17.3 Å². The number of benzene rings is 1. The predicted octanol–water partition coefficient (Wildman–Crippen LogP) is 4.09. The lowest BCUT2D eigenvalue weighted by Crippen LogP contribution is -2.23. The SMILES string of the molecule is CCNC(c1ccc2ncccc2c1)c1ncccc1Br. The van der Waals surface area contributed by atoms with Gasteiger partial charge in [0.2, 0.25) is 0 Å². The first-order valence-electron chi connectivity index (χ1n) is 6.98. The molecule has 0 spiro atoms. The number of aromatic nitrogens is 2. The number of hydrogen-bond donors (Lipinski definition) is 1. The van der Waals surface area contributed by atoms with Crippen molar-refractivity contribution in [2.24, 2.45) is 0 Å². The van der Waals surface area contributed by atoms with Crippen LogP contribution in [0.15, 0.2) is 59.3 Å². The molecule has 3 nitrogen and oxygen atoms in total. The van der Waals surface area contributed by atoms with E-state index in [1.54, 1.807) is 0 Å². The lowest BCUT2D eigenvalue weighted by atomic mass is 10.0. The Morgan fingerprint density at radius 2 is 1.90 bits per heavy atom. The van der Waals surface area contributed by atoms with Crippen LogP contribution < -0.4 is 5.32 Å². The third kappa shape index (κ3) is 2.96. The van der Waals surface area contributed by atoms with E-state index in [4.69, 9.17) is 0 Å². The lowest BCUT2D eigenvalue weighted by molar-refractivity contribution is 0.613. The minimum Gasteiger partial charge on any atom is -0.305 e. The average molecular weight is 342 g/mol. The van der Waals surface area contributed by atoms with Gasteiger partial charge >= 0.3 is 0 Å². The molecule has 0 bridgehead atoms. The van der Waals surface area contributed by atoms with Gasteiger partial charge in [-0.2, -0.15) is 0 Å². The van der Waals surface area contributed by atoms with E-state index < -0.39 is 0 Å². The van der Waals surface area contributed by atoms with Gasteiger partial charge in [-0.25, -0.2) is 0 Å². The Hall–Kier alpha value is -1.78. The van der Waals surface area contributed by atoms with E-state index in [9.17, 15) is 0 Å². The second kappa shape index (κ2) is 6.33. The van der Waals surface area contributed by atoms with Crippen LogP contribution >= 0.6 is 15.9 Å². The van der Waals surface area contributed by atoms with Crippen LogP contribution in [0, 0.1) is 0 Å². The first-order valence-corrected chi connectivity index (χ1v) is 7.77. The van der Waals surface area contributed by atoms with Crippen molar-refractivity contribution in [3.05, 3.63) is 70.6 Å². The molecule has 1 atom stereocenters. The van der Waals surface area contributed by atoms with Crippen LogP contribution in [0.3, 0.4) is 0 Å². The van der Waals surface area contributed by atoms with Crippen molar-refractivity contribution < 1.29 is 0 Å². The Morgan fingerprint density at radius 3 is 2.71 bits per heavy atom. The largest absolute Gasteiger partial charge is 0.305 e. The minimum absolute atomic E-state index is 0.0650. The molecule has 1 aromatic carbocycles. The third-order valence-electron chi connectivity index (χ3n) is 3.43. The van der Waals surface area contributed by atoms with Gasteiger partial charge in [0, 0.05) is 22.3 Å². The number of pyridine rings is 2. The molecule has 0 aliphatic rings. The minimum atomic E-state index is 0.0650. The normalized spacial score (nSPS) is 12.5. The van der Waals surface area contributed by atoms with Crippen molar-refractivity contribution in [1.82, 2.24) is 15.3 Å². The molecule has 4 heteroatoms. The van der Waals surface area contributed by atoms with E-state index in [1.807, 2.05) is 30.6 Å². The highest BCUT2D eigenvalue weighted by Crippen LogP contribution is 2.28. The maximum absolute atomic E-state index is 4.53. The van der Waals surface area contributed by atoms with Crippen LogP contribution in [0.1, 0.15) is 24.2 Å². The molecule has 1 unspecified atom stereocenters. The molecule has 0 saturated carbocycles. The van der Waals surface area contributed by atoms with Crippen molar-refractivity contribution in [2.75, 3.05) is 6.54 Å². The number of rotatable bonds is 4. The zero-order valence-corrected chi connectivity index (χ0v) is 13.3. The summed E-state index contributed by atoms with van der Waals surface area (Å²) >= 11 is 3.60. The Labute approximate surface area is 132 Å². The molecule has 0 saturated heterocycles. The second-order valence-electron chi connectivity index (χ2n) is 4.82. The van der Waals surface area contributed by atoms with Gasteiger partial charge in [-0.3, -0.25) is 9.97 Å². The molecule has 0 amide bonds. The van der Waals surface area contributed by atoms with Gasteiger partial charge < -0.3 is 5.32 Å². The van der Waals surface area contributed by atoms with Crippen LogP contribution in [-0.4, -0.2) is 16.5 Å². The van der Waals surface area contributed by atoms with Gasteiger partial charge in [-0.15, -0.1) is 0 Å². The number of nitrogens with zero attached hydrogens (tertiary/aromatic N) is 2. The van der Waals surface area contributed by atoms with Crippen LogP contribution in [0.5, 0.6) is 0 Å². The predicted molar refractivity (Wildman–Crippen MR) is 89.2 cm³/mol.